The maximum absolute atomic E-state index is 11.9. The Morgan fingerprint density at radius 3 is 3.05 bits per heavy atom. The number of hydrogen-bond donors (Lipinski definition) is 0. The van der Waals surface area contributed by atoms with Crippen molar-refractivity contribution < 1.29 is 9.53 Å². The van der Waals surface area contributed by atoms with Crippen LogP contribution < -0.4 is 4.74 Å². The van der Waals surface area contributed by atoms with E-state index in [0.717, 1.165) is 0 Å². The van der Waals surface area contributed by atoms with Gasteiger partial charge in [-0.05, 0) is 18.2 Å². The highest BCUT2D eigenvalue weighted by Gasteiger charge is 2.09. The predicted octanol–water partition coefficient (Wildman–Crippen LogP) is 2.52. The molecule has 0 spiro atoms. The minimum atomic E-state index is -0.146. The second-order valence-corrected chi connectivity index (χ2v) is 4.42. The number of carbonyl (C=O) groups excluding carboxylic acids is 1. The monoisotopic (exact) mass is 279 g/mol. The van der Waals surface area contributed by atoms with E-state index in [1.807, 2.05) is 12.1 Å². The molecule has 0 saturated carbocycles. The third-order valence-corrected chi connectivity index (χ3v) is 2.78. The first-order valence-electron chi connectivity index (χ1n) is 5.78. The standard InChI is InChI=1S/C13H14ClN3O2/c1-16(13(18)17-6-5-15-10-17)7-8-19-12-4-2-3-11(14)9-12/h2-6,9-10H,7-8H2,1H3. The summed E-state index contributed by atoms with van der Waals surface area (Å²) in [6, 6.07) is 7.01. The largest absolute Gasteiger partial charge is 0.492 e. The minimum absolute atomic E-state index is 0.146. The second-order valence-electron chi connectivity index (χ2n) is 3.98. The van der Waals surface area contributed by atoms with Crippen LogP contribution in [0.4, 0.5) is 4.79 Å². The van der Waals surface area contributed by atoms with Gasteiger partial charge < -0.3 is 9.64 Å². The summed E-state index contributed by atoms with van der Waals surface area (Å²) in [6.45, 7) is 0.876. The first-order valence-corrected chi connectivity index (χ1v) is 6.16. The highest BCUT2D eigenvalue weighted by Crippen LogP contribution is 2.16. The van der Waals surface area contributed by atoms with Gasteiger partial charge in [-0.25, -0.2) is 9.78 Å². The molecule has 0 atom stereocenters. The molecule has 0 fully saturated rings. The van der Waals surface area contributed by atoms with Gasteiger partial charge in [0.15, 0.2) is 0 Å². The van der Waals surface area contributed by atoms with E-state index < -0.39 is 0 Å². The highest BCUT2D eigenvalue weighted by molar-refractivity contribution is 6.30. The van der Waals surface area contributed by atoms with E-state index in [2.05, 4.69) is 4.98 Å². The van der Waals surface area contributed by atoms with Crippen LogP contribution in [0.2, 0.25) is 5.02 Å². The first-order chi connectivity index (χ1) is 9.16. The number of hydrogen-bond acceptors (Lipinski definition) is 3. The number of imidazole rings is 1. The van der Waals surface area contributed by atoms with Gasteiger partial charge >= 0.3 is 6.03 Å². The molecule has 0 saturated heterocycles. The van der Waals surface area contributed by atoms with Crippen LogP contribution in [0.1, 0.15) is 0 Å². The number of amides is 1. The maximum Gasteiger partial charge on any atom is 0.329 e. The van der Waals surface area contributed by atoms with Crippen molar-refractivity contribution in [2.45, 2.75) is 0 Å². The zero-order chi connectivity index (χ0) is 13.7. The van der Waals surface area contributed by atoms with E-state index in [0.29, 0.717) is 23.9 Å². The van der Waals surface area contributed by atoms with Crippen LogP contribution in [0.15, 0.2) is 43.0 Å². The maximum atomic E-state index is 11.9. The number of carbonyl (C=O) groups is 1. The van der Waals surface area contributed by atoms with E-state index in [1.54, 1.807) is 36.5 Å². The average molecular weight is 280 g/mol. The molecule has 5 nitrogen and oxygen atoms in total. The fourth-order valence-electron chi connectivity index (χ4n) is 1.52. The van der Waals surface area contributed by atoms with Crippen molar-refractivity contribution in [2.75, 3.05) is 20.2 Å². The molecule has 1 aromatic heterocycles. The van der Waals surface area contributed by atoms with Crippen molar-refractivity contribution in [2.24, 2.45) is 0 Å². The minimum Gasteiger partial charge on any atom is -0.492 e. The molecule has 1 amide bonds. The summed E-state index contributed by atoms with van der Waals surface area (Å²) < 4.78 is 6.94. The van der Waals surface area contributed by atoms with Gasteiger partial charge in [-0.15, -0.1) is 0 Å². The fraction of sp³-hybridized carbons (Fsp3) is 0.231. The summed E-state index contributed by atoms with van der Waals surface area (Å²) in [5.41, 5.74) is 0. The second kappa shape index (κ2) is 6.24. The van der Waals surface area contributed by atoms with Crippen LogP contribution in [-0.4, -0.2) is 40.7 Å². The van der Waals surface area contributed by atoms with E-state index >= 15 is 0 Å². The Balaban J connectivity index is 1.81. The number of nitrogens with zero attached hydrogens (tertiary/aromatic N) is 3. The highest BCUT2D eigenvalue weighted by atomic mass is 35.5. The van der Waals surface area contributed by atoms with Crippen molar-refractivity contribution in [3.63, 3.8) is 0 Å². The van der Waals surface area contributed by atoms with Crippen LogP contribution in [0, 0.1) is 0 Å². The molecule has 0 bridgehead atoms. The van der Waals surface area contributed by atoms with Crippen molar-refractivity contribution in [3.05, 3.63) is 48.0 Å². The third-order valence-electron chi connectivity index (χ3n) is 2.54. The lowest BCUT2D eigenvalue weighted by Crippen LogP contribution is -2.33. The normalized spacial score (nSPS) is 10.2. The molecule has 0 N–H and O–H groups in total. The summed E-state index contributed by atoms with van der Waals surface area (Å²) in [4.78, 5) is 17.3. The van der Waals surface area contributed by atoms with Gasteiger partial charge in [-0.3, -0.25) is 4.57 Å². The number of likely N-dealkylation sites (N-methyl/N-ethyl adjacent to an activating group) is 1. The lowest BCUT2D eigenvalue weighted by atomic mass is 10.3. The van der Waals surface area contributed by atoms with Crippen LogP contribution in [0.5, 0.6) is 5.75 Å². The molecular formula is C13H14ClN3O2. The van der Waals surface area contributed by atoms with Gasteiger partial charge in [0.1, 0.15) is 18.7 Å². The van der Waals surface area contributed by atoms with Crippen LogP contribution in [0.3, 0.4) is 0 Å². The van der Waals surface area contributed by atoms with E-state index in [4.69, 9.17) is 16.3 Å². The van der Waals surface area contributed by atoms with Crippen molar-refractivity contribution in [1.82, 2.24) is 14.5 Å². The van der Waals surface area contributed by atoms with Crippen LogP contribution in [-0.2, 0) is 0 Å². The Bertz CT molecular complexity index is 543. The Morgan fingerprint density at radius 1 is 1.53 bits per heavy atom. The predicted molar refractivity (Wildman–Crippen MR) is 72.6 cm³/mol. The Morgan fingerprint density at radius 2 is 2.37 bits per heavy atom. The summed E-state index contributed by atoms with van der Waals surface area (Å²) in [7, 11) is 1.71. The molecular weight excluding hydrogens is 266 g/mol. The molecule has 0 unspecified atom stereocenters. The van der Waals surface area contributed by atoms with Crippen molar-refractivity contribution in [1.29, 1.82) is 0 Å². The smallest absolute Gasteiger partial charge is 0.329 e. The number of ether oxygens (including phenoxy) is 1. The number of halogens is 1. The van der Waals surface area contributed by atoms with Gasteiger partial charge in [0, 0.05) is 24.5 Å². The Kier molecular flexibility index (Phi) is 4.41. The molecule has 0 aliphatic heterocycles. The molecule has 2 rings (SSSR count). The van der Waals surface area contributed by atoms with Crippen LogP contribution in [0.25, 0.3) is 0 Å². The average Bonchev–Trinajstić information content (AvgIpc) is 2.91. The number of benzene rings is 1. The van der Waals surface area contributed by atoms with Gasteiger partial charge in [0.25, 0.3) is 0 Å². The molecule has 6 heteroatoms. The van der Waals surface area contributed by atoms with E-state index in [1.165, 1.54) is 10.9 Å². The molecule has 100 valence electrons. The SMILES string of the molecule is CN(CCOc1cccc(Cl)c1)C(=O)n1ccnc1. The summed E-state index contributed by atoms with van der Waals surface area (Å²) in [5, 5.41) is 0.625. The number of aromatic nitrogens is 2. The van der Waals surface area contributed by atoms with Gasteiger partial charge in [0.05, 0.1) is 6.54 Å². The molecule has 0 aliphatic carbocycles. The third kappa shape index (κ3) is 3.72. The van der Waals surface area contributed by atoms with Crippen LogP contribution >= 0.6 is 11.6 Å². The van der Waals surface area contributed by atoms with Gasteiger partial charge in [-0.1, -0.05) is 17.7 Å². The summed E-state index contributed by atoms with van der Waals surface area (Å²) in [5.74, 6) is 0.691. The number of rotatable bonds is 4. The first kappa shape index (κ1) is 13.4. The summed E-state index contributed by atoms with van der Waals surface area (Å²) in [6.07, 6.45) is 4.64. The molecule has 0 radical (unpaired) electrons. The Labute approximate surface area is 116 Å². The Hall–Kier alpha value is -2.01. The molecule has 19 heavy (non-hydrogen) atoms. The fourth-order valence-corrected chi connectivity index (χ4v) is 1.70. The molecule has 2 aromatic rings. The summed E-state index contributed by atoms with van der Waals surface area (Å²) >= 11 is 5.85. The zero-order valence-electron chi connectivity index (χ0n) is 10.5. The van der Waals surface area contributed by atoms with Crippen molar-refractivity contribution >= 4 is 17.6 Å². The molecule has 0 aliphatic rings. The van der Waals surface area contributed by atoms with Gasteiger partial charge in [-0.2, -0.15) is 0 Å². The lowest BCUT2D eigenvalue weighted by Gasteiger charge is -2.17. The zero-order valence-corrected chi connectivity index (χ0v) is 11.2. The molecule has 1 aromatic carbocycles. The quantitative estimate of drug-likeness (QED) is 0.864. The van der Waals surface area contributed by atoms with Gasteiger partial charge in [0.2, 0.25) is 0 Å². The molecule has 1 heterocycles. The van der Waals surface area contributed by atoms with E-state index in [-0.39, 0.29) is 6.03 Å². The topological polar surface area (TPSA) is 47.4 Å². The van der Waals surface area contributed by atoms with E-state index in [9.17, 15) is 4.79 Å². The van der Waals surface area contributed by atoms with Crippen molar-refractivity contribution in [3.8, 4) is 5.75 Å². The lowest BCUT2D eigenvalue weighted by molar-refractivity contribution is 0.197.